The number of benzene rings is 3. The third kappa shape index (κ3) is 10.6. The van der Waals surface area contributed by atoms with E-state index >= 15 is 0 Å². The van der Waals surface area contributed by atoms with Gasteiger partial charge in [0.05, 0.1) is 0 Å². The van der Waals surface area contributed by atoms with Gasteiger partial charge >= 0.3 is 5.97 Å². The number of ether oxygens (including phenoxy) is 1. The Morgan fingerprint density at radius 3 is 2.27 bits per heavy atom. The Morgan fingerprint density at radius 1 is 0.973 bits per heavy atom. The lowest BCUT2D eigenvalue weighted by Crippen LogP contribution is -2.29. The summed E-state index contributed by atoms with van der Waals surface area (Å²) in [6, 6.07) is 26.1. The minimum absolute atomic E-state index is 0.129. The smallest absolute Gasteiger partial charge is 0.303 e. The van der Waals surface area contributed by atoms with Crippen molar-refractivity contribution in [3.8, 4) is 5.75 Å². The van der Waals surface area contributed by atoms with Crippen LogP contribution in [-0.4, -0.2) is 27.7 Å². The molecular weight excluding hydrogens is 480 g/mol. The van der Waals surface area contributed by atoms with Crippen LogP contribution in [0.25, 0.3) is 6.08 Å². The van der Waals surface area contributed by atoms with E-state index in [1.807, 2.05) is 53.9 Å². The molecule has 194 valence electrons. The number of hydrogen-bond donors (Lipinski definition) is 2. The van der Waals surface area contributed by atoms with Gasteiger partial charge in [-0.1, -0.05) is 92.3 Å². The third-order valence-corrected chi connectivity index (χ3v) is 6.61. The Balaban J connectivity index is 1.53. The lowest BCUT2D eigenvalue weighted by atomic mass is 10.1. The molecule has 0 heterocycles. The molecule has 0 unspecified atom stereocenters. The number of nitrogens with one attached hydrogen (secondary N) is 1. The lowest BCUT2D eigenvalue weighted by molar-refractivity contribution is -0.136. The van der Waals surface area contributed by atoms with Crippen LogP contribution in [0.1, 0.15) is 48.9 Å². The zero-order chi connectivity index (χ0) is 26.5. The second-order valence-corrected chi connectivity index (χ2v) is 10.3. The first-order chi connectivity index (χ1) is 17.9. The molecule has 0 atom stereocenters. The van der Waals surface area contributed by atoms with Crippen molar-refractivity contribution >= 4 is 29.0 Å². The zero-order valence-corrected chi connectivity index (χ0v) is 22.4. The van der Waals surface area contributed by atoms with Gasteiger partial charge in [-0.2, -0.15) is 0 Å². The molecule has 0 fully saturated rings. The molecular formula is C31H36N2O3S. The van der Waals surface area contributed by atoms with Crippen molar-refractivity contribution in [2.24, 2.45) is 5.92 Å². The zero-order valence-electron chi connectivity index (χ0n) is 21.6. The fraction of sp³-hybridized carbons (Fsp3) is 0.290. The monoisotopic (exact) mass is 516 g/mol. The molecule has 0 saturated carbocycles. The van der Waals surface area contributed by atoms with Gasteiger partial charge in [0.1, 0.15) is 12.4 Å². The summed E-state index contributed by atoms with van der Waals surface area (Å²) in [4.78, 5) is 12.9. The molecule has 2 N–H and O–H groups in total. The molecule has 5 nitrogen and oxygen atoms in total. The van der Waals surface area contributed by atoms with E-state index in [9.17, 15) is 4.79 Å². The van der Waals surface area contributed by atoms with Gasteiger partial charge in [-0.05, 0) is 64.6 Å². The second kappa shape index (κ2) is 14.9. The first-order valence-corrected chi connectivity index (χ1v) is 13.5. The van der Waals surface area contributed by atoms with E-state index in [4.69, 9.17) is 15.3 Å². The minimum atomic E-state index is -0.790. The van der Waals surface area contributed by atoms with Crippen molar-refractivity contribution in [2.45, 2.75) is 46.3 Å². The number of aryl methyl sites for hydroxylation is 1. The highest BCUT2D eigenvalue weighted by Gasteiger charge is 2.11. The molecule has 0 aliphatic heterocycles. The van der Waals surface area contributed by atoms with Crippen LogP contribution in [0.4, 0.5) is 0 Å². The van der Waals surface area contributed by atoms with E-state index in [1.165, 1.54) is 11.8 Å². The number of carboxylic acids is 1. The molecule has 0 amide bonds. The number of amidine groups is 1. The van der Waals surface area contributed by atoms with Gasteiger partial charge in [0.15, 0.2) is 5.17 Å². The van der Waals surface area contributed by atoms with Crippen molar-refractivity contribution in [3.63, 3.8) is 0 Å². The number of nitrogens with zero attached hydrogens (tertiary/aromatic N) is 1. The Kier molecular flexibility index (Phi) is 11.3. The maximum absolute atomic E-state index is 10.7. The van der Waals surface area contributed by atoms with Gasteiger partial charge in [-0.25, -0.2) is 0 Å². The van der Waals surface area contributed by atoms with Crippen LogP contribution in [0.2, 0.25) is 0 Å². The van der Waals surface area contributed by atoms with Crippen LogP contribution in [0.15, 0.2) is 84.3 Å². The molecule has 0 aromatic heterocycles. The van der Waals surface area contributed by atoms with E-state index in [1.54, 1.807) is 0 Å². The number of aliphatic carboxylic acids is 1. The normalized spacial score (nSPS) is 11.1. The molecule has 0 aliphatic carbocycles. The van der Waals surface area contributed by atoms with Crippen LogP contribution >= 0.6 is 11.8 Å². The van der Waals surface area contributed by atoms with E-state index in [0.717, 1.165) is 41.0 Å². The Bertz CT molecular complexity index is 1140. The number of hydrogen-bond acceptors (Lipinski definition) is 4. The van der Waals surface area contributed by atoms with Crippen molar-refractivity contribution in [3.05, 3.63) is 107 Å². The summed E-state index contributed by atoms with van der Waals surface area (Å²) < 4.78 is 5.91. The standard InChI is InChI=1S/C31H36N2O3S/c1-24(2)18-20-33(31(32)37-21-19-25-6-4-3-5-7-25)22-27-8-10-28(11-9-27)23-36-29-15-12-26(13-16-29)14-17-30(34)35/h3-13,15-16,19,21,24,32H,14,17-18,20,22-23H2,1-2H3,(H,34,35)/b21-19+,32-31?. The first-order valence-electron chi connectivity index (χ1n) is 12.6. The van der Waals surface area contributed by atoms with Crippen molar-refractivity contribution in [1.82, 2.24) is 4.90 Å². The average molecular weight is 517 g/mol. The molecule has 0 bridgehead atoms. The van der Waals surface area contributed by atoms with Crippen LogP contribution in [0, 0.1) is 11.3 Å². The highest BCUT2D eigenvalue weighted by Crippen LogP contribution is 2.19. The summed E-state index contributed by atoms with van der Waals surface area (Å²) in [6.45, 7) is 6.42. The topological polar surface area (TPSA) is 73.6 Å². The molecule has 0 aliphatic rings. The summed E-state index contributed by atoms with van der Waals surface area (Å²) in [5.41, 5.74) is 4.35. The molecule has 3 aromatic carbocycles. The summed E-state index contributed by atoms with van der Waals surface area (Å²) in [7, 11) is 0. The number of rotatable bonds is 13. The van der Waals surface area contributed by atoms with Crippen molar-refractivity contribution in [1.29, 1.82) is 5.41 Å². The maximum Gasteiger partial charge on any atom is 0.303 e. The first kappa shape index (κ1) is 28.1. The van der Waals surface area contributed by atoms with Crippen LogP contribution in [-0.2, 0) is 24.4 Å². The average Bonchev–Trinajstić information content (AvgIpc) is 2.90. The second-order valence-electron chi connectivity index (χ2n) is 9.38. The van der Waals surface area contributed by atoms with E-state index < -0.39 is 5.97 Å². The fourth-order valence-electron chi connectivity index (χ4n) is 3.61. The van der Waals surface area contributed by atoms with Crippen molar-refractivity contribution < 1.29 is 14.6 Å². The molecule has 0 spiro atoms. The fourth-order valence-corrected chi connectivity index (χ4v) is 4.27. The van der Waals surface area contributed by atoms with Gasteiger partial charge < -0.3 is 14.7 Å². The maximum atomic E-state index is 10.7. The predicted octanol–water partition coefficient (Wildman–Crippen LogP) is 7.47. The van der Waals surface area contributed by atoms with Crippen LogP contribution in [0.3, 0.4) is 0 Å². The van der Waals surface area contributed by atoms with E-state index in [0.29, 0.717) is 30.7 Å². The number of carboxylic acid groups (broad SMARTS) is 1. The minimum Gasteiger partial charge on any atom is -0.489 e. The van der Waals surface area contributed by atoms with Gasteiger partial charge in [0.2, 0.25) is 0 Å². The molecule has 37 heavy (non-hydrogen) atoms. The summed E-state index contributed by atoms with van der Waals surface area (Å²) in [5, 5.41) is 20.0. The van der Waals surface area contributed by atoms with Gasteiger partial charge in [0.25, 0.3) is 0 Å². The highest BCUT2D eigenvalue weighted by atomic mass is 32.2. The predicted molar refractivity (Wildman–Crippen MR) is 154 cm³/mol. The highest BCUT2D eigenvalue weighted by molar-refractivity contribution is 8.16. The van der Waals surface area contributed by atoms with Crippen molar-refractivity contribution in [2.75, 3.05) is 6.54 Å². The molecule has 0 radical (unpaired) electrons. The van der Waals surface area contributed by atoms with Gasteiger partial charge in [-0.3, -0.25) is 10.2 Å². The summed E-state index contributed by atoms with van der Waals surface area (Å²) >= 11 is 1.44. The van der Waals surface area contributed by atoms with E-state index in [-0.39, 0.29) is 6.42 Å². The number of thioether (sulfide) groups is 1. The molecule has 3 aromatic rings. The van der Waals surface area contributed by atoms with Gasteiger partial charge in [0, 0.05) is 19.5 Å². The SMILES string of the molecule is CC(C)CCN(Cc1ccc(COc2ccc(CCC(=O)O)cc2)cc1)C(=N)S/C=C/c1ccccc1. The largest absolute Gasteiger partial charge is 0.489 e. The Hall–Kier alpha value is -3.51. The quantitative estimate of drug-likeness (QED) is 0.182. The molecule has 3 rings (SSSR count). The van der Waals surface area contributed by atoms with Gasteiger partial charge in [-0.15, -0.1) is 0 Å². The summed E-state index contributed by atoms with van der Waals surface area (Å²) in [5.74, 6) is 0.547. The Morgan fingerprint density at radius 2 is 1.62 bits per heavy atom. The number of carbonyl (C=O) groups is 1. The third-order valence-electron chi connectivity index (χ3n) is 5.86. The van der Waals surface area contributed by atoms with E-state index in [2.05, 4.69) is 55.1 Å². The van der Waals surface area contributed by atoms with Crippen LogP contribution < -0.4 is 4.74 Å². The molecule has 6 heteroatoms. The molecule has 0 saturated heterocycles. The van der Waals surface area contributed by atoms with Crippen LogP contribution in [0.5, 0.6) is 5.75 Å². The lowest BCUT2D eigenvalue weighted by Gasteiger charge is -2.25. The Labute approximate surface area is 224 Å². The summed E-state index contributed by atoms with van der Waals surface area (Å²) in [6.07, 6.45) is 3.72.